The van der Waals surface area contributed by atoms with Crippen LogP contribution in [0.5, 0.6) is 0 Å². The number of likely N-dealkylation sites (tertiary alicyclic amines) is 1. The summed E-state index contributed by atoms with van der Waals surface area (Å²) < 4.78 is 1.28. The van der Waals surface area contributed by atoms with Crippen molar-refractivity contribution in [3.8, 4) is 0 Å². The van der Waals surface area contributed by atoms with Crippen LogP contribution in [0.1, 0.15) is 43.0 Å². The number of hydrogen-bond acceptors (Lipinski definition) is 3. The number of aromatic nitrogens is 1. The van der Waals surface area contributed by atoms with Crippen molar-refractivity contribution in [2.75, 3.05) is 13.1 Å². The number of piperidine rings is 1. The van der Waals surface area contributed by atoms with Crippen LogP contribution in [0.3, 0.4) is 0 Å². The summed E-state index contributed by atoms with van der Waals surface area (Å²) in [5.41, 5.74) is 1.12. The molecule has 1 aliphatic carbocycles. The van der Waals surface area contributed by atoms with Gasteiger partial charge >= 0.3 is 0 Å². The maximum absolute atomic E-state index is 12.3. The summed E-state index contributed by atoms with van der Waals surface area (Å²) in [5.74, 6) is 1.28. The molecule has 0 atom stereocenters. The second-order valence-electron chi connectivity index (χ2n) is 6.25. The number of benzene rings is 1. The third-order valence-electron chi connectivity index (χ3n) is 4.92. The molecule has 2 heterocycles. The second-order valence-corrected chi connectivity index (χ2v) is 7.31. The van der Waals surface area contributed by atoms with Crippen molar-refractivity contribution in [2.24, 2.45) is 5.92 Å². The van der Waals surface area contributed by atoms with Crippen molar-refractivity contribution in [2.45, 2.75) is 38.0 Å². The third kappa shape index (κ3) is 2.46. The Hall–Kier alpha value is -1.42. The van der Waals surface area contributed by atoms with Crippen LogP contribution in [0.4, 0.5) is 0 Å². The first-order valence-electron chi connectivity index (χ1n) is 7.95. The first-order valence-corrected chi connectivity index (χ1v) is 8.77. The predicted octanol–water partition coefficient (Wildman–Crippen LogP) is 3.80. The lowest BCUT2D eigenvalue weighted by molar-refractivity contribution is -0.139. The fourth-order valence-electron chi connectivity index (χ4n) is 3.32. The molecule has 21 heavy (non-hydrogen) atoms. The highest BCUT2D eigenvalue weighted by Gasteiger charge is 2.32. The SMILES string of the molecule is O=C(C1CCC1)N1CCC(c2nc3ccccc3s2)CC1. The van der Waals surface area contributed by atoms with Crippen LogP contribution in [0, 0.1) is 5.92 Å². The average Bonchev–Trinajstić information content (AvgIpc) is 2.89. The van der Waals surface area contributed by atoms with Crippen LogP contribution in [0.2, 0.25) is 0 Å². The molecule has 1 aromatic carbocycles. The smallest absolute Gasteiger partial charge is 0.225 e. The first-order chi connectivity index (χ1) is 10.3. The maximum atomic E-state index is 12.3. The van der Waals surface area contributed by atoms with Gasteiger partial charge in [-0.1, -0.05) is 18.6 Å². The van der Waals surface area contributed by atoms with Gasteiger partial charge in [0.15, 0.2) is 0 Å². The molecule has 1 aliphatic heterocycles. The van der Waals surface area contributed by atoms with Crippen LogP contribution in [0.25, 0.3) is 10.2 Å². The highest BCUT2D eigenvalue weighted by atomic mass is 32.1. The van der Waals surface area contributed by atoms with Crippen LogP contribution in [0.15, 0.2) is 24.3 Å². The summed E-state index contributed by atoms with van der Waals surface area (Å²) in [4.78, 5) is 19.2. The topological polar surface area (TPSA) is 33.2 Å². The first kappa shape index (κ1) is 13.3. The molecule has 1 amide bonds. The van der Waals surface area contributed by atoms with Crippen molar-refractivity contribution in [3.05, 3.63) is 29.3 Å². The lowest BCUT2D eigenvalue weighted by Gasteiger charge is -2.36. The molecule has 0 N–H and O–H groups in total. The van der Waals surface area contributed by atoms with Gasteiger partial charge in [0.1, 0.15) is 0 Å². The second kappa shape index (κ2) is 5.41. The molecule has 1 saturated carbocycles. The van der Waals surface area contributed by atoms with E-state index in [1.54, 1.807) is 0 Å². The Morgan fingerprint density at radius 3 is 2.57 bits per heavy atom. The van der Waals surface area contributed by atoms with E-state index in [1.165, 1.54) is 16.1 Å². The fraction of sp³-hybridized carbons (Fsp3) is 0.529. The lowest BCUT2D eigenvalue weighted by Crippen LogP contribution is -2.43. The molecule has 0 radical (unpaired) electrons. The Labute approximate surface area is 129 Å². The zero-order valence-corrected chi connectivity index (χ0v) is 12.9. The predicted molar refractivity (Wildman–Crippen MR) is 85.5 cm³/mol. The fourth-order valence-corrected chi connectivity index (χ4v) is 4.46. The van der Waals surface area contributed by atoms with E-state index in [-0.39, 0.29) is 0 Å². The van der Waals surface area contributed by atoms with Crippen molar-refractivity contribution < 1.29 is 4.79 Å². The minimum Gasteiger partial charge on any atom is -0.342 e. The van der Waals surface area contributed by atoms with E-state index in [0.29, 0.717) is 17.7 Å². The van der Waals surface area contributed by atoms with E-state index in [2.05, 4.69) is 23.1 Å². The van der Waals surface area contributed by atoms with E-state index in [1.807, 2.05) is 17.4 Å². The van der Waals surface area contributed by atoms with Gasteiger partial charge in [0.2, 0.25) is 5.91 Å². The van der Waals surface area contributed by atoms with Gasteiger partial charge in [0.25, 0.3) is 0 Å². The molecule has 2 aliphatic rings. The minimum absolute atomic E-state index is 0.337. The number of carbonyl (C=O) groups is 1. The molecule has 1 aromatic heterocycles. The molecule has 4 heteroatoms. The number of para-hydroxylation sites is 1. The highest BCUT2D eigenvalue weighted by molar-refractivity contribution is 7.18. The summed E-state index contributed by atoms with van der Waals surface area (Å²) >= 11 is 1.82. The Morgan fingerprint density at radius 2 is 1.90 bits per heavy atom. The zero-order valence-electron chi connectivity index (χ0n) is 12.1. The minimum atomic E-state index is 0.337. The van der Waals surface area contributed by atoms with E-state index < -0.39 is 0 Å². The van der Waals surface area contributed by atoms with Gasteiger partial charge in [-0.05, 0) is 37.8 Å². The number of hydrogen-bond donors (Lipinski definition) is 0. The maximum Gasteiger partial charge on any atom is 0.225 e. The van der Waals surface area contributed by atoms with E-state index in [0.717, 1.165) is 44.3 Å². The standard InChI is InChI=1S/C17H20N2OS/c20-17(13-4-3-5-13)19-10-8-12(9-11-19)16-18-14-6-1-2-7-15(14)21-16/h1-2,6-7,12-13H,3-5,8-11H2. The summed E-state index contributed by atoms with van der Waals surface area (Å²) in [6.07, 6.45) is 5.59. The number of nitrogens with zero attached hydrogens (tertiary/aromatic N) is 2. The summed E-state index contributed by atoms with van der Waals surface area (Å²) in [6, 6.07) is 8.35. The molecule has 0 spiro atoms. The quantitative estimate of drug-likeness (QED) is 0.845. The number of thiazole rings is 1. The molecule has 0 unspecified atom stereocenters. The van der Waals surface area contributed by atoms with Gasteiger partial charge in [-0.3, -0.25) is 4.79 Å². The Kier molecular flexibility index (Phi) is 3.42. The van der Waals surface area contributed by atoms with Gasteiger partial charge in [-0.15, -0.1) is 11.3 Å². The molecule has 2 aromatic rings. The molecule has 1 saturated heterocycles. The summed E-state index contributed by atoms with van der Waals surface area (Å²) in [5, 5.41) is 1.26. The molecule has 4 rings (SSSR count). The van der Waals surface area contributed by atoms with Crippen molar-refractivity contribution in [1.29, 1.82) is 0 Å². The van der Waals surface area contributed by atoms with Gasteiger partial charge < -0.3 is 4.90 Å². The van der Waals surface area contributed by atoms with Gasteiger partial charge in [-0.25, -0.2) is 4.98 Å². The molecule has 0 bridgehead atoms. The molecule has 110 valence electrons. The number of carbonyl (C=O) groups excluding carboxylic acids is 1. The Balaban J connectivity index is 1.43. The van der Waals surface area contributed by atoms with E-state index in [9.17, 15) is 4.79 Å². The molecule has 2 fully saturated rings. The van der Waals surface area contributed by atoms with Gasteiger partial charge in [-0.2, -0.15) is 0 Å². The van der Waals surface area contributed by atoms with Crippen LogP contribution >= 0.6 is 11.3 Å². The van der Waals surface area contributed by atoms with Crippen molar-refractivity contribution in [1.82, 2.24) is 9.88 Å². The largest absolute Gasteiger partial charge is 0.342 e. The third-order valence-corrected chi connectivity index (χ3v) is 6.12. The Morgan fingerprint density at radius 1 is 1.14 bits per heavy atom. The van der Waals surface area contributed by atoms with Gasteiger partial charge in [0.05, 0.1) is 15.2 Å². The Bertz CT molecular complexity index is 621. The summed E-state index contributed by atoms with van der Waals surface area (Å²) in [7, 11) is 0. The normalized spacial score (nSPS) is 20.7. The average molecular weight is 300 g/mol. The van der Waals surface area contributed by atoms with Crippen LogP contribution < -0.4 is 0 Å². The van der Waals surface area contributed by atoms with E-state index in [4.69, 9.17) is 4.98 Å². The van der Waals surface area contributed by atoms with Crippen LogP contribution in [-0.4, -0.2) is 28.9 Å². The monoisotopic (exact) mass is 300 g/mol. The number of amides is 1. The summed E-state index contributed by atoms with van der Waals surface area (Å²) in [6.45, 7) is 1.83. The molecular formula is C17H20N2OS. The zero-order chi connectivity index (χ0) is 14.2. The highest BCUT2D eigenvalue weighted by Crippen LogP contribution is 2.35. The number of fused-ring (bicyclic) bond motifs is 1. The molecule has 3 nitrogen and oxygen atoms in total. The lowest BCUT2D eigenvalue weighted by atomic mass is 9.83. The van der Waals surface area contributed by atoms with E-state index >= 15 is 0 Å². The molecular weight excluding hydrogens is 280 g/mol. The van der Waals surface area contributed by atoms with Crippen molar-refractivity contribution >= 4 is 27.5 Å². The number of rotatable bonds is 2. The van der Waals surface area contributed by atoms with Crippen molar-refractivity contribution in [3.63, 3.8) is 0 Å². The van der Waals surface area contributed by atoms with Crippen LogP contribution in [-0.2, 0) is 4.79 Å². The van der Waals surface area contributed by atoms with Gasteiger partial charge in [0, 0.05) is 24.9 Å².